The minimum absolute atomic E-state index is 0.690. The van der Waals surface area contributed by atoms with Crippen molar-refractivity contribution in [3.05, 3.63) is 0 Å². The van der Waals surface area contributed by atoms with Gasteiger partial charge in [-0.2, -0.15) is 11.2 Å². The first-order valence-corrected chi connectivity index (χ1v) is 12.9. The van der Waals surface area contributed by atoms with Crippen molar-refractivity contribution in [3.8, 4) is 0 Å². The van der Waals surface area contributed by atoms with E-state index in [1.165, 1.54) is 57.8 Å². The highest BCUT2D eigenvalue weighted by Crippen LogP contribution is 2.33. The summed E-state index contributed by atoms with van der Waals surface area (Å²) < 4.78 is 0. The summed E-state index contributed by atoms with van der Waals surface area (Å²) in [6.45, 7) is 7.45. The molecule has 1 nitrogen and oxygen atoms in total. The SMILES string of the molecule is C[Si](C)(C)SC1CCCCC(=NC2CCCC2)C1. The van der Waals surface area contributed by atoms with E-state index < -0.39 is 7.22 Å². The van der Waals surface area contributed by atoms with Crippen LogP contribution in [0.3, 0.4) is 0 Å². The summed E-state index contributed by atoms with van der Waals surface area (Å²) in [4.78, 5) is 5.09. The fraction of sp³-hybridized carbons (Fsp3) is 0.933. The molecule has 0 bridgehead atoms. The number of rotatable bonds is 3. The zero-order chi connectivity index (χ0) is 13.0. The third-order valence-electron chi connectivity index (χ3n) is 3.91. The lowest BCUT2D eigenvalue weighted by Gasteiger charge is -2.23. The van der Waals surface area contributed by atoms with Crippen LogP contribution in [0.1, 0.15) is 57.8 Å². The van der Waals surface area contributed by atoms with Crippen LogP contribution in [0.5, 0.6) is 0 Å². The lowest BCUT2D eigenvalue weighted by molar-refractivity contribution is 0.699. The molecule has 0 N–H and O–H groups in total. The van der Waals surface area contributed by atoms with Crippen LogP contribution in [0.25, 0.3) is 0 Å². The summed E-state index contributed by atoms with van der Waals surface area (Å²) in [6.07, 6.45) is 12.4. The lowest BCUT2D eigenvalue weighted by atomic mass is 10.1. The van der Waals surface area contributed by atoms with Crippen LogP contribution in [-0.2, 0) is 0 Å². The van der Waals surface area contributed by atoms with Crippen molar-refractivity contribution in [1.29, 1.82) is 0 Å². The molecule has 0 aromatic carbocycles. The topological polar surface area (TPSA) is 12.4 Å². The van der Waals surface area contributed by atoms with Crippen LogP contribution in [0.4, 0.5) is 0 Å². The predicted molar refractivity (Wildman–Crippen MR) is 87.5 cm³/mol. The predicted octanol–water partition coefficient (Wildman–Crippen LogP) is 5.27. The normalized spacial score (nSPS) is 29.7. The third kappa shape index (κ3) is 5.08. The van der Waals surface area contributed by atoms with Gasteiger partial charge in [-0.1, -0.05) is 38.9 Å². The van der Waals surface area contributed by atoms with E-state index in [-0.39, 0.29) is 0 Å². The van der Waals surface area contributed by atoms with Gasteiger partial charge in [-0.05, 0) is 38.5 Å². The Morgan fingerprint density at radius 2 is 1.67 bits per heavy atom. The van der Waals surface area contributed by atoms with Crippen molar-refractivity contribution in [3.63, 3.8) is 0 Å². The van der Waals surface area contributed by atoms with Gasteiger partial charge in [-0.15, -0.1) is 0 Å². The Balaban J connectivity index is 1.94. The van der Waals surface area contributed by atoms with Crippen molar-refractivity contribution in [2.75, 3.05) is 0 Å². The highest BCUT2D eigenvalue weighted by atomic mass is 32.4. The van der Waals surface area contributed by atoms with Gasteiger partial charge in [0.05, 0.1) is 0 Å². The third-order valence-corrected chi connectivity index (χ3v) is 8.48. The van der Waals surface area contributed by atoms with Crippen LogP contribution >= 0.6 is 11.2 Å². The first-order valence-electron chi connectivity index (χ1n) is 7.76. The molecule has 0 radical (unpaired) electrons. The van der Waals surface area contributed by atoms with Crippen LogP contribution < -0.4 is 0 Å². The molecule has 0 heterocycles. The van der Waals surface area contributed by atoms with Gasteiger partial charge in [0.15, 0.2) is 0 Å². The standard InChI is InChI=1S/C15H29NSSi/c1-18(2,3)17-15-11-7-6-10-14(12-15)16-13-8-4-5-9-13/h13,15H,4-12H2,1-3H3. The first kappa shape index (κ1) is 14.6. The summed E-state index contributed by atoms with van der Waals surface area (Å²) in [5.41, 5.74) is 1.56. The van der Waals surface area contributed by atoms with E-state index in [2.05, 4.69) is 30.9 Å². The molecular weight excluding hydrogens is 254 g/mol. The fourth-order valence-corrected chi connectivity index (χ4v) is 8.34. The molecule has 2 fully saturated rings. The zero-order valence-electron chi connectivity index (χ0n) is 12.4. The summed E-state index contributed by atoms with van der Waals surface area (Å²) in [7, 11) is -0.979. The molecule has 2 saturated carbocycles. The van der Waals surface area contributed by atoms with Crippen LogP contribution in [0.2, 0.25) is 19.6 Å². The van der Waals surface area contributed by atoms with Crippen LogP contribution in [-0.4, -0.2) is 24.2 Å². The Kier molecular flexibility index (Phi) is 5.37. The Morgan fingerprint density at radius 3 is 2.33 bits per heavy atom. The molecule has 0 aromatic rings. The second kappa shape index (κ2) is 6.60. The Bertz CT molecular complexity index is 289. The van der Waals surface area contributed by atoms with E-state index in [0.29, 0.717) is 6.04 Å². The Hall–Kier alpha value is 0.237. The van der Waals surface area contributed by atoms with Crippen molar-refractivity contribution >= 4 is 24.1 Å². The monoisotopic (exact) mass is 283 g/mol. The molecule has 1 atom stereocenters. The maximum absolute atomic E-state index is 5.09. The summed E-state index contributed by atoms with van der Waals surface area (Å²) in [5, 5.41) is 0.874. The molecule has 18 heavy (non-hydrogen) atoms. The van der Waals surface area contributed by atoms with Crippen molar-refractivity contribution in [2.24, 2.45) is 4.99 Å². The van der Waals surface area contributed by atoms with Crippen molar-refractivity contribution in [1.82, 2.24) is 0 Å². The first-order chi connectivity index (χ1) is 8.53. The fourth-order valence-electron chi connectivity index (χ4n) is 3.18. The molecule has 0 spiro atoms. The second-order valence-corrected chi connectivity index (χ2v) is 16.4. The number of hydrogen-bond acceptors (Lipinski definition) is 2. The molecular formula is C15H29NSSi. The number of nitrogens with zero attached hydrogens (tertiary/aromatic N) is 1. The minimum atomic E-state index is -0.979. The molecule has 0 amide bonds. The van der Waals surface area contributed by atoms with Crippen molar-refractivity contribution in [2.45, 2.75) is 88.7 Å². The molecule has 1 unspecified atom stereocenters. The molecule has 0 saturated heterocycles. The van der Waals surface area contributed by atoms with E-state index >= 15 is 0 Å². The molecule has 104 valence electrons. The summed E-state index contributed by atoms with van der Waals surface area (Å²) in [5.74, 6) is 0. The average molecular weight is 284 g/mol. The maximum atomic E-state index is 5.09. The van der Waals surface area contributed by atoms with Gasteiger partial charge in [-0.3, -0.25) is 4.99 Å². The van der Waals surface area contributed by atoms with E-state index in [0.717, 1.165) is 5.25 Å². The highest BCUT2D eigenvalue weighted by molar-refractivity contribution is 8.29. The highest BCUT2D eigenvalue weighted by Gasteiger charge is 2.24. The van der Waals surface area contributed by atoms with Crippen LogP contribution in [0, 0.1) is 0 Å². The molecule has 0 aliphatic heterocycles. The quantitative estimate of drug-likeness (QED) is 0.507. The van der Waals surface area contributed by atoms with Crippen LogP contribution in [0.15, 0.2) is 4.99 Å². The second-order valence-electron chi connectivity index (χ2n) is 6.94. The molecule has 0 aromatic heterocycles. The Labute approximate surface area is 118 Å². The molecule has 2 rings (SSSR count). The van der Waals surface area contributed by atoms with Crippen molar-refractivity contribution < 1.29 is 0 Å². The largest absolute Gasteiger partial charge is 0.291 e. The zero-order valence-corrected chi connectivity index (χ0v) is 14.2. The van der Waals surface area contributed by atoms with E-state index in [1.807, 2.05) is 0 Å². The van der Waals surface area contributed by atoms with E-state index in [4.69, 9.17) is 4.99 Å². The minimum Gasteiger partial charge on any atom is -0.291 e. The van der Waals surface area contributed by atoms with Gasteiger partial charge in [0.1, 0.15) is 7.22 Å². The van der Waals surface area contributed by atoms with Gasteiger partial charge < -0.3 is 0 Å². The van der Waals surface area contributed by atoms with E-state index in [9.17, 15) is 0 Å². The number of hydrogen-bond donors (Lipinski definition) is 0. The summed E-state index contributed by atoms with van der Waals surface area (Å²) in [6, 6.07) is 0.690. The van der Waals surface area contributed by atoms with Gasteiger partial charge >= 0.3 is 0 Å². The van der Waals surface area contributed by atoms with Gasteiger partial charge in [0, 0.05) is 17.0 Å². The lowest BCUT2D eigenvalue weighted by Crippen LogP contribution is -2.22. The summed E-state index contributed by atoms with van der Waals surface area (Å²) >= 11 is 2.31. The van der Waals surface area contributed by atoms with Gasteiger partial charge in [-0.25, -0.2) is 0 Å². The maximum Gasteiger partial charge on any atom is 0.108 e. The smallest absolute Gasteiger partial charge is 0.108 e. The Morgan fingerprint density at radius 1 is 1.00 bits per heavy atom. The number of aliphatic imine (C=N–C) groups is 1. The molecule has 2 aliphatic carbocycles. The average Bonchev–Trinajstić information content (AvgIpc) is 2.65. The van der Waals surface area contributed by atoms with E-state index in [1.54, 1.807) is 5.71 Å². The van der Waals surface area contributed by atoms with Gasteiger partial charge in [0.25, 0.3) is 0 Å². The molecule has 3 heteroatoms. The molecule has 2 aliphatic rings. The van der Waals surface area contributed by atoms with Gasteiger partial charge in [0.2, 0.25) is 0 Å².